The van der Waals surface area contributed by atoms with Crippen LogP contribution >= 0.6 is 11.6 Å². The maximum absolute atomic E-state index is 13.7. The van der Waals surface area contributed by atoms with Gasteiger partial charge < -0.3 is 5.32 Å². The number of aromatic nitrogens is 2. The van der Waals surface area contributed by atoms with Crippen molar-refractivity contribution in [3.05, 3.63) is 89.6 Å². The quantitative estimate of drug-likeness (QED) is 0.343. The molecule has 0 radical (unpaired) electrons. The number of allylic oxidation sites excluding steroid dienone is 9. The number of carbonyl (C=O) groups excluding carboxylic acids is 1. The van der Waals surface area contributed by atoms with Crippen LogP contribution in [-0.4, -0.2) is 20.9 Å². The molecule has 1 atom stereocenters. The van der Waals surface area contributed by atoms with Crippen molar-refractivity contribution in [3.63, 3.8) is 0 Å². The number of hydroxylamine groups is 1. The molecule has 1 aromatic heterocycles. The highest BCUT2D eigenvalue weighted by Gasteiger charge is 2.41. The summed E-state index contributed by atoms with van der Waals surface area (Å²) in [7, 11) is 0. The van der Waals surface area contributed by atoms with Crippen molar-refractivity contribution in [2.45, 2.75) is 18.6 Å². The van der Waals surface area contributed by atoms with Crippen LogP contribution in [0.3, 0.4) is 0 Å². The van der Waals surface area contributed by atoms with E-state index in [9.17, 15) is 18.0 Å². The minimum atomic E-state index is -4.83. The second-order valence-electron chi connectivity index (χ2n) is 5.75. The SMILES string of the molecule is C=CC(C=C/C=C/NO)n1ncc(C(=O)NC2=CC=CC(Cl)=CC2)c1C(F)(F)F. The summed E-state index contributed by atoms with van der Waals surface area (Å²) in [5, 5.41) is 15.1. The van der Waals surface area contributed by atoms with Gasteiger partial charge in [0.25, 0.3) is 5.91 Å². The summed E-state index contributed by atoms with van der Waals surface area (Å²) in [6, 6.07) is -0.974. The molecule has 1 aliphatic rings. The number of halogens is 4. The molecule has 0 fully saturated rings. The molecule has 6 nitrogen and oxygen atoms in total. The molecule has 0 saturated carbocycles. The van der Waals surface area contributed by atoms with Gasteiger partial charge in [0.15, 0.2) is 5.69 Å². The third-order valence-corrected chi connectivity index (χ3v) is 4.05. The van der Waals surface area contributed by atoms with Gasteiger partial charge in [-0.25, -0.2) is 4.68 Å². The van der Waals surface area contributed by atoms with E-state index in [1.54, 1.807) is 29.8 Å². The highest BCUT2D eigenvalue weighted by molar-refractivity contribution is 6.31. The van der Waals surface area contributed by atoms with Crippen molar-refractivity contribution in [1.29, 1.82) is 0 Å². The zero-order chi connectivity index (χ0) is 21.4. The maximum atomic E-state index is 13.7. The molecule has 29 heavy (non-hydrogen) atoms. The van der Waals surface area contributed by atoms with Gasteiger partial charge in [-0.1, -0.05) is 42.0 Å². The molecular weight excluding hydrogens is 409 g/mol. The number of carbonyl (C=O) groups is 1. The van der Waals surface area contributed by atoms with E-state index in [1.807, 2.05) is 0 Å². The lowest BCUT2D eigenvalue weighted by atomic mass is 10.2. The van der Waals surface area contributed by atoms with Gasteiger partial charge in [-0.05, 0) is 18.2 Å². The summed E-state index contributed by atoms with van der Waals surface area (Å²) in [5.41, 5.74) is 0.340. The largest absolute Gasteiger partial charge is 0.433 e. The number of rotatable bonds is 7. The average Bonchev–Trinajstić information content (AvgIpc) is 3.02. The summed E-state index contributed by atoms with van der Waals surface area (Å²) in [6.45, 7) is 3.52. The van der Waals surface area contributed by atoms with Crippen molar-refractivity contribution in [1.82, 2.24) is 20.6 Å². The topological polar surface area (TPSA) is 79.2 Å². The molecule has 1 heterocycles. The molecule has 0 saturated heterocycles. The monoisotopic (exact) mass is 426 g/mol. The number of hydrogen-bond donors (Lipinski definition) is 3. The minimum absolute atomic E-state index is 0.260. The van der Waals surface area contributed by atoms with E-state index in [1.165, 1.54) is 30.5 Å². The number of amides is 1. The van der Waals surface area contributed by atoms with Crippen LogP contribution in [0.1, 0.15) is 28.5 Å². The Hall–Kier alpha value is -3.04. The van der Waals surface area contributed by atoms with Crippen LogP contribution in [0.15, 0.2) is 78.3 Å². The Labute approximate surface area is 170 Å². The molecule has 10 heteroatoms. The average molecular weight is 427 g/mol. The minimum Gasteiger partial charge on any atom is -0.325 e. The summed E-state index contributed by atoms with van der Waals surface area (Å²) >= 11 is 5.87. The number of alkyl halides is 3. The van der Waals surface area contributed by atoms with E-state index in [0.717, 1.165) is 6.20 Å². The molecule has 1 aliphatic carbocycles. The van der Waals surface area contributed by atoms with Gasteiger partial charge in [0.2, 0.25) is 0 Å². The van der Waals surface area contributed by atoms with Crippen LogP contribution in [0.5, 0.6) is 0 Å². The summed E-state index contributed by atoms with van der Waals surface area (Å²) in [5.74, 6) is -0.939. The van der Waals surface area contributed by atoms with Gasteiger partial charge in [0.1, 0.15) is 0 Å². The summed E-state index contributed by atoms with van der Waals surface area (Å²) < 4.78 is 41.8. The van der Waals surface area contributed by atoms with Crippen molar-refractivity contribution in [3.8, 4) is 0 Å². The fourth-order valence-electron chi connectivity index (χ4n) is 2.48. The van der Waals surface area contributed by atoms with E-state index < -0.39 is 29.4 Å². The van der Waals surface area contributed by atoms with E-state index in [0.29, 0.717) is 15.4 Å². The first-order chi connectivity index (χ1) is 13.8. The zero-order valence-corrected chi connectivity index (χ0v) is 15.8. The standard InChI is InChI=1S/C19H18ClF3N4O2/c1-2-15(8-3-4-11-25-29)27-17(19(21,22)23)16(12-24-27)18(28)26-14-7-5-6-13(20)9-10-14/h2-9,11-12,15,25,29H,1,10H2,(H,26,28)/b8-3?,11-4+. The first-order valence-electron chi connectivity index (χ1n) is 8.32. The predicted octanol–water partition coefficient (Wildman–Crippen LogP) is 4.37. The molecule has 0 spiro atoms. The van der Waals surface area contributed by atoms with Gasteiger partial charge in [0.05, 0.1) is 17.8 Å². The molecule has 2 rings (SSSR count). The first kappa shape index (κ1) is 22.3. The number of hydrogen-bond acceptors (Lipinski definition) is 4. The van der Waals surface area contributed by atoms with Gasteiger partial charge in [-0.15, -0.1) is 6.58 Å². The van der Waals surface area contributed by atoms with Crippen molar-refractivity contribution in [2.24, 2.45) is 0 Å². The zero-order valence-electron chi connectivity index (χ0n) is 15.0. The van der Waals surface area contributed by atoms with Gasteiger partial charge in [-0.3, -0.25) is 15.5 Å². The van der Waals surface area contributed by atoms with Crippen LogP contribution in [0.2, 0.25) is 0 Å². The Morgan fingerprint density at radius 3 is 2.83 bits per heavy atom. The molecular formula is C19H18ClF3N4O2. The highest BCUT2D eigenvalue weighted by Crippen LogP contribution is 2.34. The van der Waals surface area contributed by atoms with E-state index in [-0.39, 0.29) is 6.42 Å². The number of nitrogens with zero attached hydrogens (tertiary/aromatic N) is 2. The maximum Gasteiger partial charge on any atom is 0.433 e. The fraction of sp³-hybridized carbons (Fsp3) is 0.158. The third-order valence-electron chi connectivity index (χ3n) is 3.77. The molecule has 0 bridgehead atoms. The number of nitrogens with one attached hydrogen (secondary N) is 2. The van der Waals surface area contributed by atoms with Crippen molar-refractivity contribution in [2.75, 3.05) is 0 Å². The van der Waals surface area contributed by atoms with Gasteiger partial charge in [-0.2, -0.15) is 18.3 Å². The van der Waals surface area contributed by atoms with Gasteiger partial charge in [0, 0.05) is 23.4 Å². The molecule has 1 unspecified atom stereocenters. The van der Waals surface area contributed by atoms with Crippen LogP contribution in [0, 0.1) is 0 Å². The van der Waals surface area contributed by atoms with E-state index in [4.69, 9.17) is 16.8 Å². The lowest BCUT2D eigenvalue weighted by molar-refractivity contribution is -0.144. The second kappa shape index (κ2) is 9.94. The summed E-state index contributed by atoms with van der Waals surface area (Å²) in [6.07, 6.45) is 9.20. The fourth-order valence-corrected chi connectivity index (χ4v) is 2.63. The molecule has 0 aliphatic heterocycles. The normalized spacial score (nSPS) is 15.8. The predicted molar refractivity (Wildman–Crippen MR) is 103 cm³/mol. The summed E-state index contributed by atoms with van der Waals surface area (Å²) in [4.78, 5) is 12.5. The van der Waals surface area contributed by atoms with Crippen LogP contribution in [-0.2, 0) is 6.18 Å². The van der Waals surface area contributed by atoms with E-state index >= 15 is 0 Å². The molecule has 1 amide bonds. The smallest absolute Gasteiger partial charge is 0.325 e. The second-order valence-corrected chi connectivity index (χ2v) is 6.18. The first-order valence-corrected chi connectivity index (χ1v) is 8.70. The van der Waals surface area contributed by atoms with Crippen LogP contribution < -0.4 is 10.8 Å². The van der Waals surface area contributed by atoms with E-state index in [2.05, 4.69) is 17.0 Å². The molecule has 0 aromatic carbocycles. The van der Waals surface area contributed by atoms with Crippen molar-refractivity contribution < 1.29 is 23.2 Å². The highest BCUT2D eigenvalue weighted by atomic mass is 35.5. The Balaban J connectivity index is 2.36. The van der Waals surface area contributed by atoms with Crippen LogP contribution in [0.25, 0.3) is 0 Å². The van der Waals surface area contributed by atoms with Gasteiger partial charge >= 0.3 is 6.18 Å². The van der Waals surface area contributed by atoms with Crippen molar-refractivity contribution >= 4 is 17.5 Å². The Bertz CT molecular complexity index is 908. The lowest BCUT2D eigenvalue weighted by Gasteiger charge is -2.16. The molecule has 154 valence electrons. The molecule has 3 N–H and O–H groups in total. The Morgan fingerprint density at radius 1 is 1.41 bits per heavy atom. The Morgan fingerprint density at radius 2 is 2.17 bits per heavy atom. The third kappa shape index (κ3) is 5.97. The van der Waals surface area contributed by atoms with Crippen LogP contribution in [0.4, 0.5) is 13.2 Å². The molecule has 1 aromatic rings. The Kier molecular flexibility index (Phi) is 7.63. The lowest BCUT2D eigenvalue weighted by Crippen LogP contribution is -2.27.